The second kappa shape index (κ2) is 11.5. The minimum absolute atomic E-state index is 0.00988. The molecule has 5 N–H and O–H groups in total. The zero-order chi connectivity index (χ0) is 28.2. The predicted octanol–water partition coefficient (Wildman–Crippen LogP) is 1.98. The normalized spacial score (nSPS) is 17.1. The third-order valence-electron chi connectivity index (χ3n) is 6.19. The van der Waals surface area contributed by atoms with Crippen molar-refractivity contribution >= 4 is 45.1 Å². The van der Waals surface area contributed by atoms with Crippen molar-refractivity contribution in [2.24, 2.45) is 11.7 Å². The lowest BCUT2D eigenvalue weighted by atomic mass is 9.93. The first-order valence-corrected chi connectivity index (χ1v) is 13.1. The molecule has 0 spiro atoms. The highest BCUT2D eigenvalue weighted by Gasteiger charge is 2.44. The molecule has 3 amide bonds. The molecule has 1 heterocycles. The summed E-state index contributed by atoms with van der Waals surface area (Å²) in [7, 11) is -2.74. The Hall–Kier alpha value is -4.20. The van der Waals surface area contributed by atoms with Gasteiger partial charge in [0.2, 0.25) is 11.8 Å². The Morgan fingerprint density at radius 2 is 1.89 bits per heavy atom. The molecule has 2 aromatic carbocycles. The van der Waals surface area contributed by atoms with E-state index >= 15 is 0 Å². The number of carbonyl (C=O) groups excluding carboxylic acids is 3. The molecule has 0 aliphatic carbocycles. The zero-order valence-corrected chi connectivity index (χ0v) is 21.4. The second-order valence-electron chi connectivity index (χ2n) is 8.45. The zero-order valence-electron chi connectivity index (χ0n) is 20.6. The number of halogens is 1. The summed E-state index contributed by atoms with van der Waals surface area (Å²) >= 11 is 0. The summed E-state index contributed by atoms with van der Waals surface area (Å²) in [5.74, 6) is -4.89. The summed E-state index contributed by atoms with van der Waals surface area (Å²) < 4.78 is 44.6. The molecule has 1 aliphatic heterocycles. The molecule has 1 fully saturated rings. The molecule has 0 unspecified atom stereocenters. The Balaban J connectivity index is 2.01. The van der Waals surface area contributed by atoms with Crippen LogP contribution in [0.1, 0.15) is 35.3 Å². The van der Waals surface area contributed by atoms with Crippen LogP contribution in [0.15, 0.2) is 41.3 Å². The van der Waals surface area contributed by atoms with E-state index in [1.54, 1.807) is 0 Å². The van der Waals surface area contributed by atoms with Gasteiger partial charge in [-0.1, -0.05) is 6.92 Å². The van der Waals surface area contributed by atoms with Crippen LogP contribution in [0, 0.1) is 11.7 Å². The predicted molar refractivity (Wildman–Crippen MR) is 134 cm³/mol. The standard InChI is InChI=1S/C24H27FN4O8S/c1-3-38(35,36)19-7-5-14(28-24(34)37-2)11-16(19)21-15(23(32)33)8-9-29(21)20(30)12-27-18-10-13(22(26)31)4-6-17(18)25/h4-7,10-11,15,21,27H,3,8-9,12H2,1-2H3,(H2,26,31)(H,28,34)(H,32,33)/t15-,21-/m1/s1. The number of benzene rings is 2. The number of amides is 3. The number of methoxy groups -OCH3 is 1. The fourth-order valence-electron chi connectivity index (χ4n) is 4.27. The molecule has 1 saturated heterocycles. The van der Waals surface area contributed by atoms with E-state index in [0.717, 1.165) is 19.2 Å². The number of sulfone groups is 1. The van der Waals surface area contributed by atoms with Crippen molar-refractivity contribution in [3.05, 3.63) is 53.3 Å². The van der Waals surface area contributed by atoms with E-state index in [2.05, 4.69) is 15.4 Å². The highest BCUT2D eigenvalue weighted by molar-refractivity contribution is 7.91. The average Bonchev–Trinajstić information content (AvgIpc) is 3.33. The van der Waals surface area contributed by atoms with Crippen LogP contribution in [0.3, 0.4) is 0 Å². The lowest BCUT2D eigenvalue weighted by Gasteiger charge is -2.29. The molecule has 12 nitrogen and oxygen atoms in total. The molecule has 2 aromatic rings. The van der Waals surface area contributed by atoms with Gasteiger partial charge < -0.3 is 25.8 Å². The molecule has 1 aliphatic rings. The van der Waals surface area contributed by atoms with Gasteiger partial charge in [0.25, 0.3) is 0 Å². The van der Waals surface area contributed by atoms with E-state index in [9.17, 15) is 37.1 Å². The number of nitrogens with zero attached hydrogens (tertiary/aromatic N) is 1. The average molecular weight is 551 g/mol. The van der Waals surface area contributed by atoms with E-state index in [4.69, 9.17) is 5.73 Å². The highest BCUT2D eigenvalue weighted by atomic mass is 32.2. The van der Waals surface area contributed by atoms with Crippen LogP contribution in [0.4, 0.5) is 20.6 Å². The van der Waals surface area contributed by atoms with E-state index in [1.165, 1.54) is 36.1 Å². The van der Waals surface area contributed by atoms with Gasteiger partial charge in [0, 0.05) is 17.8 Å². The molecule has 0 bridgehead atoms. The van der Waals surface area contributed by atoms with Gasteiger partial charge in [-0.25, -0.2) is 17.6 Å². The number of ether oxygens (including phenoxy) is 1. The fourth-order valence-corrected chi connectivity index (χ4v) is 5.39. The van der Waals surface area contributed by atoms with Gasteiger partial charge in [0.05, 0.1) is 42.0 Å². The molecule has 0 aromatic heterocycles. The molecule has 38 heavy (non-hydrogen) atoms. The summed E-state index contributed by atoms with van der Waals surface area (Å²) in [5.41, 5.74) is 5.21. The van der Waals surface area contributed by atoms with Crippen molar-refractivity contribution in [3.8, 4) is 0 Å². The quantitative estimate of drug-likeness (QED) is 0.362. The molecule has 0 saturated carbocycles. The van der Waals surface area contributed by atoms with Gasteiger partial charge in [-0.2, -0.15) is 0 Å². The maximum atomic E-state index is 14.2. The number of hydrogen-bond acceptors (Lipinski definition) is 8. The van der Waals surface area contributed by atoms with Crippen molar-refractivity contribution in [2.45, 2.75) is 24.3 Å². The van der Waals surface area contributed by atoms with E-state index < -0.39 is 58.0 Å². The second-order valence-corrected chi connectivity index (χ2v) is 10.7. The van der Waals surface area contributed by atoms with Crippen molar-refractivity contribution in [3.63, 3.8) is 0 Å². The van der Waals surface area contributed by atoms with Crippen LogP contribution in [0.25, 0.3) is 0 Å². The Morgan fingerprint density at radius 1 is 1.18 bits per heavy atom. The first-order valence-electron chi connectivity index (χ1n) is 11.5. The molecular weight excluding hydrogens is 523 g/mol. The lowest BCUT2D eigenvalue weighted by molar-refractivity contribution is -0.143. The molecule has 2 atom stereocenters. The van der Waals surface area contributed by atoms with Gasteiger partial charge in [-0.15, -0.1) is 0 Å². The van der Waals surface area contributed by atoms with Crippen LogP contribution >= 0.6 is 0 Å². The molecular formula is C24H27FN4O8S. The number of primary amides is 1. The van der Waals surface area contributed by atoms with E-state index in [0.29, 0.717) is 0 Å². The molecule has 0 radical (unpaired) electrons. The Labute approximate surface area is 217 Å². The largest absolute Gasteiger partial charge is 0.481 e. The number of carbonyl (C=O) groups is 4. The third-order valence-corrected chi connectivity index (χ3v) is 7.99. The van der Waals surface area contributed by atoms with Gasteiger partial charge in [-0.05, 0) is 48.4 Å². The summed E-state index contributed by atoms with van der Waals surface area (Å²) in [4.78, 5) is 49.6. The van der Waals surface area contributed by atoms with Gasteiger partial charge in [0.15, 0.2) is 9.84 Å². The third kappa shape index (κ3) is 6.02. The number of hydrogen-bond donors (Lipinski definition) is 4. The highest BCUT2D eigenvalue weighted by Crippen LogP contribution is 2.41. The Bertz CT molecular complexity index is 1380. The van der Waals surface area contributed by atoms with Crippen LogP contribution in [0.5, 0.6) is 0 Å². The van der Waals surface area contributed by atoms with Crippen LogP contribution < -0.4 is 16.4 Å². The molecule has 204 valence electrons. The number of nitrogens with one attached hydrogen (secondary N) is 2. The van der Waals surface area contributed by atoms with Gasteiger partial charge in [0.1, 0.15) is 5.82 Å². The van der Waals surface area contributed by atoms with Crippen molar-refractivity contribution in [1.82, 2.24) is 4.90 Å². The maximum Gasteiger partial charge on any atom is 0.411 e. The van der Waals surface area contributed by atoms with Crippen LogP contribution in [-0.2, 0) is 24.2 Å². The van der Waals surface area contributed by atoms with Crippen molar-refractivity contribution in [2.75, 3.05) is 36.6 Å². The minimum atomic E-state index is -3.87. The summed E-state index contributed by atoms with van der Waals surface area (Å²) in [5, 5.41) is 14.9. The SMILES string of the molecule is CCS(=O)(=O)c1ccc(NC(=O)OC)cc1[C@H]1[C@H](C(=O)O)CCN1C(=O)CNc1cc(C(N)=O)ccc1F. The first kappa shape index (κ1) is 28.4. The summed E-state index contributed by atoms with van der Waals surface area (Å²) in [6, 6.07) is 5.99. The smallest absolute Gasteiger partial charge is 0.411 e. The lowest BCUT2D eigenvalue weighted by Crippen LogP contribution is -2.38. The Morgan fingerprint density at radius 3 is 2.50 bits per heavy atom. The van der Waals surface area contributed by atoms with E-state index in [1.807, 2.05) is 0 Å². The van der Waals surface area contributed by atoms with Crippen molar-refractivity contribution in [1.29, 1.82) is 0 Å². The molecule has 3 rings (SSSR count). The topological polar surface area (TPSA) is 185 Å². The summed E-state index contributed by atoms with van der Waals surface area (Å²) in [6.45, 7) is 0.912. The van der Waals surface area contributed by atoms with Gasteiger partial charge in [-0.3, -0.25) is 19.7 Å². The summed E-state index contributed by atoms with van der Waals surface area (Å²) in [6.07, 6.45) is -0.807. The maximum absolute atomic E-state index is 14.2. The minimum Gasteiger partial charge on any atom is -0.481 e. The van der Waals surface area contributed by atoms with Crippen molar-refractivity contribution < 1.29 is 41.8 Å². The number of aliphatic carboxylic acids is 1. The molecule has 14 heteroatoms. The number of rotatable bonds is 9. The van der Waals surface area contributed by atoms with E-state index in [-0.39, 0.29) is 46.1 Å². The van der Waals surface area contributed by atoms with Crippen LogP contribution in [0.2, 0.25) is 0 Å². The number of carboxylic acids is 1. The Kier molecular flexibility index (Phi) is 8.56. The number of likely N-dealkylation sites (tertiary alicyclic amines) is 1. The fraction of sp³-hybridized carbons (Fsp3) is 0.333. The van der Waals surface area contributed by atoms with Crippen LogP contribution in [-0.4, -0.2) is 68.3 Å². The number of nitrogens with two attached hydrogens (primary N) is 1. The number of anilines is 2. The first-order chi connectivity index (χ1) is 17.9. The van der Waals surface area contributed by atoms with Gasteiger partial charge >= 0.3 is 12.1 Å². The number of carboxylic acid groups (broad SMARTS) is 1. The monoisotopic (exact) mass is 550 g/mol.